The number of benzene rings is 2. The average Bonchev–Trinajstić information content (AvgIpc) is 3.12. The Morgan fingerprint density at radius 3 is 2.41 bits per heavy atom. The third-order valence-electron chi connectivity index (χ3n) is 4.89. The number of fused-ring (bicyclic) bond motifs is 1. The maximum Gasteiger partial charge on any atom is 0.362 e. The van der Waals surface area contributed by atoms with E-state index < -0.39 is 22.5 Å². The number of anilines is 1. The topological polar surface area (TPSA) is 79.2 Å². The van der Waals surface area contributed by atoms with E-state index in [0.29, 0.717) is 10.6 Å². The summed E-state index contributed by atoms with van der Waals surface area (Å²) < 4.78 is 27.6. The molecule has 1 amide bonds. The van der Waals surface area contributed by atoms with Gasteiger partial charge in [0.1, 0.15) is 11.3 Å². The van der Waals surface area contributed by atoms with Crippen molar-refractivity contribution in [2.75, 3.05) is 5.73 Å². The number of halogens is 5. The first-order valence-electron chi connectivity index (χ1n) is 9.17. The van der Waals surface area contributed by atoms with Crippen LogP contribution in [0, 0.1) is 0 Å². The first-order chi connectivity index (χ1) is 15.0. The zero-order valence-corrected chi connectivity index (χ0v) is 19.2. The van der Waals surface area contributed by atoms with Crippen molar-refractivity contribution >= 4 is 58.2 Å². The monoisotopic (exact) mass is 515 g/mol. The van der Waals surface area contributed by atoms with Crippen LogP contribution in [0.25, 0.3) is 0 Å². The maximum atomic E-state index is 13.8. The lowest BCUT2D eigenvalue weighted by molar-refractivity contribution is 0.0740. The average molecular weight is 517 g/mol. The van der Waals surface area contributed by atoms with Crippen LogP contribution in [-0.4, -0.2) is 15.8 Å². The van der Waals surface area contributed by atoms with E-state index in [9.17, 15) is 18.4 Å². The third kappa shape index (κ3) is 4.45. The predicted octanol–water partition coefficient (Wildman–Crippen LogP) is 5.86. The van der Waals surface area contributed by atoms with Crippen LogP contribution in [0.2, 0.25) is 10.0 Å². The van der Waals surface area contributed by atoms with Crippen molar-refractivity contribution in [3.05, 3.63) is 85.2 Å². The molecule has 0 atom stereocenters. The van der Waals surface area contributed by atoms with E-state index in [-0.39, 0.29) is 33.6 Å². The minimum absolute atomic E-state index is 0.0421. The molecule has 3 N–H and O–H groups in total. The number of rotatable bonds is 4. The van der Waals surface area contributed by atoms with Crippen molar-refractivity contribution < 1.29 is 13.6 Å². The number of carbonyl (C=O) groups is 1. The summed E-state index contributed by atoms with van der Waals surface area (Å²) in [6.07, 6.45) is 0. The second-order valence-corrected chi connectivity index (χ2v) is 9.43. The molecule has 11 heteroatoms. The summed E-state index contributed by atoms with van der Waals surface area (Å²) in [4.78, 5) is 29.9. The number of hydrogen-bond acceptors (Lipinski definition) is 4. The van der Waals surface area contributed by atoms with E-state index in [2.05, 4.69) is 0 Å². The molecule has 0 aliphatic carbocycles. The van der Waals surface area contributed by atoms with Gasteiger partial charge in [0.2, 0.25) is 0 Å². The van der Waals surface area contributed by atoms with Gasteiger partial charge >= 0.3 is 5.38 Å². The number of pyridine rings is 1. The van der Waals surface area contributed by atoms with E-state index in [4.69, 9.17) is 40.5 Å². The van der Waals surface area contributed by atoms with Crippen molar-refractivity contribution in [2.45, 2.75) is 28.3 Å². The summed E-state index contributed by atoms with van der Waals surface area (Å²) >= 11 is 18.4. The number of H-pyrrole nitrogens is 1. The van der Waals surface area contributed by atoms with Gasteiger partial charge in [-0.2, -0.15) is 8.78 Å². The highest BCUT2D eigenvalue weighted by Gasteiger charge is 2.34. The molecule has 5 nitrogen and oxygen atoms in total. The summed E-state index contributed by atoms with van der Waals surface area (Å²) in [6.45, 7) is 0.473. The highest BCUT2D eigenvalue weighted by atomic mass is 35.5. The van der Waals surface area contributed by atoms with Crippen molar-refractivity contribution in [3.8, 4) is 0 Å². The van der Waals surface area contributed by atoms with E-state index in [1.54, 1.807) is 36.4 Å². The Bertz CT molecular complexity index is 1270. The van der Waals surface area contributed by atoms with Crippen LogP contribution in [0.1, 0.15) is 27.2 Å². The molecule has 0 fully saturated rings. The molecule has 0 saturated heterocycles. The van der Waals surface area contributed by atoms with Crippen LogP contribution in [0.15, 0.2) is 57.1 Å². The maximum absolute atomic E-state index is 13.8. The van der Waals surface area contributed by atoms with Gasteiger partial charge < -0.3 is 15.6 Å². The highest BCUT2D eigenvalue weighted by Crippen LogP contribution is 2.41. The van der Waals surface area contributed by atoms with Crippen LogP contribution >= 0.6 is 46.6 Å². The van der Waals surface area contributed by atoms with Gasteiger partial charge in [0.15, 0.2) is 0 Å². The van der Waals surface area contributed by atoms with E-state index in [0.717, 1.165) is 29.0 Å². The van der Waals surface area contributed by atoms with Gasteiger partial charge in [-0.1, -0.05) is 47.1 Å². The van der Waals surface area contributed by atoms with Crippen LogP contribution in [0.5, 0.6) is 0 Å². The lowest BCUT2D eigenvalue weighted by Gasteiger charge is -2.19. The highest BCUT2D eigenvalue weighted by molar-refractivity contribution is 7.99. The second-order valence-electron chi connectivity index (χ2n) is 7.09. The Hall–Kier alpha value is -2.26. The Morgan fingerprint density at radius 1 is 1.09 bits per heavy atom. The van der Waals surface area contributed by atoms with Gasteiger partial charge in [0, 0.05) is 28.6 Å². The van der Waals surface area contributed by atoms with Crippen molar-refractivity contribution in [2.24, 2.45) is 0 Å². The van der Waals surface area contributed by atoms with Crippen LogP contribution in [-0.2, 0) is 18.5 Å². The molecule has 4 rings (SSSR count). The van der Waals surface area contributed by atoms with Gasteiger partial charge in [-0.25, -0.2) is 0 Å². The van der Waals surface area contributed by atoms with Gasteiger partial charge in [-0.05, 0) is 53.1 Å². The molecule has 0 spiro atoms. The fourth-order valence-corrected chi connectivity index (χ4v) is 5.12. The van der Waals surface area contributed by atoms with Crippen LogP contribution in [0.3, 0.4) is 0 Å². The number of amides is 1. The molecule has 32 heavy (non-hydrogen) atoms. The van der Waals surface area contributed by atoms with Gasteiger partial charge in [-0.3, -0.25) is 9.59 Å². The molecule has 0 unspecified atom stereocenters. The fourth-order valence-electron chi connectivity index (χ4n) is 3.38. The Kier molecular flexibility index (Phi) is 6.15. The zero-order chi connectivity index (χ0) is 23.2. The number of carbonyl (C=O) groups excluding carboxylic acids is 1. The molecule has 0 saturated carbocycles. The quantitative estimate of drug-likeness (QED) is 0.336. The number of hydrogen-bond donors (Lipinski definition) is 2. The standard InChI is InChI=1S/C21H14Cl3F2N3O2S/c22-13-2-1-3-14(23)18(13)32-15-7-16(21(24,25)26)28-19(30)17(15)20(31)29-8-10-4-5-12(27)6-11(10)9-29/h1-7H,8-9,27H2,(H,28,30). The molecule has 1 aliphatic rings. The van der Waals surface area contributed by atoms with Crippen LogP contribution < -0.4 is 11.3 Å². The van der Waals surface area contributed by atoms with Crippen molar-refractivity contribution in [1.82, 2.24) is 9.88 Å². The number of nitrogens with one attached hydrogen (secondary N) is 1. The van der Waals surface area contributed by atoms with Gasteiger partial charge in [0.05, 0.1) is 10.0 Å². The van der Waals surface area contributed by atoms with E-state index in [1.807, 2.05) is 4.98 Å². The molecule has 3 aromatic rings. The Morgan fingerprint density at radius 2 is 1.75 bits per heavy atom. The molecule has 0 radical (unpaired) electrons. The zero-order valence-electron chi connectivity index (χ0n) is 16.1. The Balaban J connectivity index is 1.79. The number of nitrogens with zero attached hydrogens (tertiary/aromatic N) is 1. The van der Waals surface area contributed by atoms with E-state index >= 15 is 0 Å². The third-order valence-corrected chi connectivity index (χ3v) is 7.13. The normalized spacial score (nSPS) is 13.3. The molecule has 0 bridgehead atoms. The first-order valence-corrected chi connectivity index (χ1v) is 11.1. The number of aromatic nitrogens is 1. The summed E-state index contributed by atoms with van der Waals surface area (Å²) in [5, 5.41) is -3.37. The lowest BCUT2D eigenvalue weighted by Crippen LogP contribution is -2.32. The SMILES string of the molecule is Nc1ccc2c(c1)CN(C(=O)c1c(Sc3c(Cl)cccc3Cl)cc(C(F)(F)Cl)[nH]c1=O)C2. The minimum atomic E-state index is -3.85. The molecular formula is C21H14Cl3F2N3O2S. The largest absolute Gasteiger partial charge is 0.399 e. The molecule has 1 aliphatic heterocycles. The van der Waals surface area contributed by atoms with Gasteiger partial charge in [0.25, 0.3) is 11.5 Å². The molecule has 166 valence electrons. The molecule has 2 heterocycles. The molecular weight excluding hydrogens is 503 g/mol. The van der Waals surface area contributed by atoms with E-state index in [1.165, 1.54) is 4.90 Å². The van der Waals surface area contributed by atoms with Crippen molar-refractivity contribution in [3.63, 3.8) is 0 Å². The number of alkyl halides is 3. The predicted molar refractivity (Wildman–Crippen MR) is 122 cm³/mol. The molecule has 2 aromatic carbocycles. The minimum Gasteiger partial charge on any atom is -0.399 e. The summed E-state index contributed by atoms with van der Waals surface area (Å²) in [6, 6.07) is 11.0. The van der Waals surface area contributed by atoms with Crippen molar-refractivity contribution in [1.29, 1.82) is 0 Å². The summed E-state index contributed by atoms with van der Waals surface area (Å²) in [5.41, 5.74) is 5.95. The molecule has 1 aromatic heterocycles. The number of aromatic amines is 1. The van der Waals surface area contributed by atoms with Gasteiger partial charge in [-0.15, -0.1) is 0 Å². The fraction of sp³-hybridized carbons (Fsp3) is 0.143. The number of nitrogen functional groups attached to an aromatic ring is 1. The lowest BCUT2D eigenvalue weighted by atomic mass is 10.1. The second kappa shape index (κ2) is 8.59. The van der Waals surface area contributed by atoms with Crippen LogP contribution in [0.4, 0.5) is 14.5 Å². The smallest absolute Gasteiger partial charge is 0.362 e. The number of nitrogens with two attached hydrogens (primary N) is 1. The Labute approximate surface area is 200 Å². The summed E-state index contributed by atoms with van der Waals surface area (Å²) in [5.74, 6) is -0.629. The summed E-state index contributed by atoms with van der Waals surface area (Å²) in [7, 11) is 0. The first kappa shape index (κ1) is 22.9.